The van der Waals surface area contributed by atoms with E-state index < -0.39 is 11.8 Å². The Bertz CT molecular complexity index is 230. The summed E-state index contributed by atoms with van der Waals surface area (Å²) in [5.41, 5.74) is 4.82. The molecule has 1 rings (SSSR count). The molecule has 1 atom stereocenters. The fraction of sp³-hybridized carbons (Fsp3) is 0.778. The second-order valence-electron chi connectivity index (χ2n) is 3.84. The molecule has 1 aliphatic rings. The lowest BCUT2D eigenvalue weighted by Crippen LogP contribution is -2.42. The van der Waals surface area contributed by atoms with Crippen LogP contribution in [0.5, 0.6) is 0 Å². The molecule has 1 aliphatic heterocycles. The Morgan fingerprint density at radius 1 is 1.57 bits per heavy atom. The Labute approximate surface area is 83.6 Å². The van der Waals surface area contributed by atoms with E-state index in [9.17, 15) is 9.59 Å². The predicted octanol–water partition coefficient (Wildman–Crippen LogP) is -1.07. The van der Waals surface area contributed by atoms with Gasteiger partial charge in [0.15, 0.2) is 0 Å². The highest BCUT2D eigenvalue weighted by Gasteiger charge is 2.18. The summed E-state index contributed by atoms with van der Waals surface area (Å²) in [7, 11) is 2.06. The first kappa shape index (κ1) is 11.0. The molecule has 0 saturated carbocycles. The van der Waals surface area contributed by atoms with Gasteiger partial charge in [0.05, 0.1) is 0 Å². The Morgan fingerprint density at radius 2 is 2.29 bits per heavy atom. The molecule has 0 radical (unpaired) electrons. The highest BCUT2D eigenvalue weighted by molar-refractivity contribution is 6.34. The smallest absolute Gasteiger partial charge is 0.309 e. The van der Waals surface area contributed by atoms with Gasteiger partial charge in [0, 0.05) is 13.1 Å². The van der Waals surface area contributed by atoms with Crippen molar-refractivity contribution in [1.82, 2.24) is 10.2 Å². The number of hydrogen-bond donors (Lipinski definition) is 2. The zero-order valence-corrected chi connectivity index (χ0v) is 8.45. The first-order valence-corrected chi connectivity index (χ1v) is 4.85. The molecule has 0 spiro atoms. The van der Waals surface area contributed by atoms with Gasteiger partial charge in [0.2, 0.25) is 0 Å². The average molecular weight is 199 g/mol. The van der Waals surface area contributed by atoms with Crippen molar-refractivity contribution in [3.8, 4) is 0 Å². The maximum atomic E-state index is 10.9. The number of amides is 2. The fourth-order valence-electron chi connectivity index (χ4n) is 1.76. The van der Waals surface area contributed by atoms with Crippen molar-refractivity contribution in [1.29, 1.82) is 0 Å². The quantitative estimate of drug-likeness (QED) is 0.556. The molecule has 14 heavy (non-hydrogen) atoms. The van der Waals surface area contributed by atoms with E-state index in [0.29, 0.717) is 12.5 Å². The third-order valence-electron chi connectivity index (χ3n) is 2.50. The molecule has 0 aromatic carbocycles. The molecular weight excluding hydrogens is 182 g/mol. The zero-order chi connectivity index (χ0) is 10.6. The van der Waals surface area contributed by atoms with Gasteiger partial charge in [-0.3, -0.25) is 9.59 Å². The summed E-state index contributed by atoms with van der Waals surface area (Å²) >= 11 is 0. The summed E-state index contributed by atoms with van der Waals surface area (Å²) < 4.78 is 0. The molecule has 80 valence electrons. The minimum Gasteiger partial charge on any atom is -0.361 e. The van der Waals surface area contributed by atoms with Crippen LogP contribution in [0, 0.1) is 5.92 Å². The minimum absolute atomic E-state index is 0.442. The van der Waals surface area contributed by atoms with Gasteiger partial charge in [-0.15, -0.1) is 0 Å². The average Bonchev–Trinajstić information content (AvgIpc) is 2.14. The largest absolute Gasteiger partial charge is 0.361 e. The van der Waals surface area contributed by atoms with Crippen LogP contribution in [0.4, 0.5) is 0 Å². The second-order valence-corrected chi connectivity index (χ2v) is 3.84. The number of rotatable bonds is 2. The SMILES string of the molecule is CN1CCCC(CNC(=O)C(N)=O)C1. The summed E-state index contributed by atoms with van der Waals surface area (Å²) in [6.45, 7) is 2.63. The third kappa shape index (κ3) is 3.33. The third-order valence-corrected chi connectivity index (χ3v) is 2.50. The maximum Gasteiger partial charge on any atom is 0.309 e. The highest BCUT2D eigenvalue weighted by atomic mass is 16.2. The summed E-state index contributed by atoms with van der Waals surface area (Å²) in [4.78, 5) is 23.5. The number of carbonyl (C=O) groups is 2. The lowest BCUT2D eigenvalue weighted by Gasteiger charge is -2.29. The zero-order valence-electron chi connectivity index (χ0n) is 8.45. The first-order chi connectivity index (χ1) is 6.59. The van der Waals surface area contributed by atoms with Crippen molar-refractivity contribution in [2.24, 2.45) is 11.7 Å². The maximum absolute atomic E-state index is 10.9. The monoisotopic (exact) mass is 199 g/mol. The van der Waals surface area contributed by atoms with Crippen LogP contribution in [0.2, 0.25) is 0 Å². The van der Waals surface area contributed by atoms with E-state index in [1.165, 1.54) is 0 Å². The van der Waals surface area contributed by atoms with Crippen LogP contribution < -0.4 is 11.1 Å². The molecule has 1 fully saturated rings. The first-order valence-electron chi connectivity index (χ1n) is 4.85. The Balaban J connectivity index is 2.24. The van der Waals surface area contributed by atoms with Crippen LogP contribution in [0.3, 0.4) is 0 Å². The van der Waals surface area contributed by atoms with Crippen LogP contribution >= 0.6 is 0 Å². The molecule has 1 unspecified atom stereocenters. The Hall–Kier alpha value is -1.10. The molecule has 0 aromatic heterocycles. The molecule has 5 heteroatoms. The highest BCUT2D eigenvalue weighted by Crippen LogP contribution is 2.13. The van der Waals surface area contributed by atoms with E-state index in [4.69, 9.17) is 5.73 Å². The number of hydrogen-bond acceptors (Lipinski definition) is 3. The van der Waals surface area contributed by atoms with Crippen molar-refractivity contribution in [2.75, 3.05) is 26.7 Å². The predicted molar refractivity (Wildman–Crippen MR) is 52.4 cm³/mol. The van der Waals surface area contributed by atoms with E-state index in [1.807, 2.05) is 0 Å². The summed E-state index contributed by atoms with van der Waals surface area (Å²) in [6.07, 6.45) is 2.25. The second kappa shape index (κ2) is 4.95. The molecule has 0 aliphatic carbocycles. The van der Waals surface area contributed by atoms with Gasteiger partial charge < -0.3 is 16.0 Å². The standard InChI is InChI=1S/C9H17N3O2/c1-12-4-2-3-7(6-12)5-11-9(14)8(10)13/h7H,2-6H2,1H3,(H2,10,13)(H,11,14). The van der Waals surface area contributed by atoms with Gasteiger partial charge in [0.25, 0.3) is 0 Å². The normalized spacial score (nSPS) is 23.1. The van der Waals surface area contributed by atoms with Gasteiger partial charge in [-0.25, -0.2) is 0 Å². The Morgan fingerprint density at radius 3 is 2.86 bits per heavy atom. The van der Waals surface area contributed by atoms with E-state index in [0.717, 1.165) is 25.9 Å². The lowest BCUT2D eigenvalue weighted by molar-refractivity contribution is -0.137. The molecule has 3 N–H and O–H groups in total. The van der Waals surface area contributed by atoms with Gasteiger partial charge in [0.1, 0.15) is 0 Å². The van der Waals surface area contributed by atoms with Crippen molar-refractivity contribution >= 4 is 11.8 Å². The van der Waals surface area contributed by atoms with Crippen LogP contribution in [0.1, 0.15) is 12.8 Å². The number of primary amides is 1. The Kier molecular flexibility index (Phi) is 3.88. The van der Waals surface area contributed by atoms with Crippen LogP contribution in [0.25, 0.3) is 0 Å². The molecule has 5 nitrogen and oxygen atoms in total. The topological polar surface area (TPSA) is 75.4 Å². The number of nitrogens with two attached hydrogens (primary N) is 1. The van der Waals surface area contributed by atoms with Crippen molar-refractivity contribution in [2.45, 2.75) is 12.8 Å². The molecular formula is C9H17N3O2. The molecule has 0 aromatic rings. The molecule has 1 heterocycles. The van der Waals surface area contributed by atoms with Gasteiger partial charge >= 0.3 is 11.8 Å². The number of nitrogens with zero attached hydrogens (tertiary/aromatic N) is 1. The van der Waals surface area contributed by atoms with E-state index >= 15 is 0 Å². The molecule has 2 amide bonds. The van der Waals surface area contributed by atoms with Gasteiger partial charge in [-0.05, 0) is 32.4 Å². The van der Waals surface area contributed by atoms with Crippen LogP contribution in [-0.4, -0.2) is 43.4 Å². The summed E-state index contributed by atoms with van der Waals surface area (Å²) in [5, 5.41) is 2.53. The van der Waals surface area contributed by atoms with Crippen LogP contribution in [0.15, 0.2) is 0 Å². The van der Waals surface area contributed by atoms with Gasteiger partial charge in [-0.1, -0.05) is 0 Å². The number of piperidine rings is 1. The van der Waals surface area contributed by atoms with Crippen molar-refractivity contribution < 1.29 is 9.59 Å². The van der Waals surface area contributed by atoms with Gasteiger partial charge in [-0.2, -0.15) is 0 Å². The lowest BCUT2D eigenvalue weighted by atomic mass is 9.98. The molecule has 0 bridgehead atoms. The van der Waals surface area contributed by atoms with E-state index in [1.54, 1.807) is 0 Å². The fourth-order valence-corrected chi connectivity index (χ4v) is 1.76. The van der Waals surface area contributed by atoms with E-state index in [2.05, 4.69) is 17.3 Å². The van der Waals surface area contributed by atoms with E-state index in [-0.39, 0.29) is 0 Å². The molecule has 1 saturated heterocycles. The van der Waals surface area contributed by atoms with Crippen molar-refractivity contribution in [3.05, 3.63) is 0 Å². The summed E-state index contributed by atoms with van der Waals surface area (Å²) in [5.74, 6) is -1.15. The number of nitrogens with one attached hydrogen (secondary N) is 1. The van der Waals surface area contributed by atoms with Crippen LogP contribution in [-0.2, 0) is 9.59 Å². The summed E-state index contributed by atoms with van der Waals surface area (Å²) in [6, 6.07) is 0. The van der Waals surface area contributed by atoms with Crippen molar-refractivity contribution in [3.63, 3.8) is 0 Å². The minimum atomic E-state index is -0.908. The number of likely N-dealkylation sites (tertiary alicyclic amines) is 1. The number of carbonyl (C=O) groups excluding carboxylic acids is 2.